The highest BCUT2D eigenvalue weighted by Crippen LogP contribution is 2.33. The van der Waals surface area contributed by atoms with Crippen molar-refractivity contribution in [1.82, 2.24) is 14.5 Å². The zero-order chi connectivity index (χ0) is 24.0. The van der Waals surface area contributed by atoms with Crippen molar-refractivity contribution in [3.8, 4) is 6.07 Å². The molecule has 0 aliphatic carbocycles. The molecule has 7 nitrogen and oxygen atoms in total. The molecule has 1 aromatic carbocycles. The average Bonchev–Trinajstić information content (AvgIpc) is 3.19. The van der Waals surface area contributed by atoms with E-state index in [0.29, 0.717) is 42.2 Å². The lowest BCUT2D eigenvalue weighted by Gasteiger charge is -2.26. The van der Waals surface area contributed by atoms with E-state index >= 15 is 0 Å². The van der Waals surface area contributed by atoms with E-state index in [1.54, 1.807) is 30.7 Å². The molecule has 2 atom stereocenters. The van der Waals surface area contributed by atoms with E-state index in [1.165, 1.54) is 12.1 Å². The third kappa shape index (κ3) is 4.41. The first-order chi connectivity index (χ1) is 15.5. The second-order valence-electron chi connectivity index (χ2n) is 8.52. The van der Waals surface area contributed by atoms with E-state index in [-0.39, 0.29) is 16.7 Å². The fourth-order valence-corrected chi connectivity index (χ4v) is 4.02. The van der Waals surface area contributed by atoms with E-state index in [1.807, 2.05) is 6.92 Å². The first kappa shape index (κ1) is 22.7. The van der Waals surface area contributed by atoms with Gasteiger partial charge in [-0.25, -0.2) is 9.97 Å². The van der Waals surface area contributed by atoms with Crippen molar-refractivity contribution >= 4 is 16.7 Å². The number of nitriles is 1. The lowest BCUT2D eigenvalue weighted by atomic mass is 10.0. The molecule has 0 spiro atoms. The summed E-state index contributed by atoms with van der Waals surface area (Å²) in [6.45, 7) is 6.23. The minimum absolute atomic E-state index is 0.0832. The van der Waals surface area contributed by atoms with Crippen LogP contribution in [0.25, 0.3) is 10.9 Å². The van der Waals surface area contributed by atoms with Crippen LogP contribution in [0.3, 0.4) is 0 Å². The van der Waals surface area contributed by atoms with E-state index < -0.39 is 23.3 Å². The minimum Gasteiger partial charge on any atom is -0.379 e. The smallest absolute Gasteiger partial charge is 0.379 e. The summed E-state index contributed by atoms with van der Waals surface area (Å²) in [6, 6.07) is 5.86. The number of aryl methyl sites for hydroxylation is 1. The van der Waals surface area contributed by atoms with Crippen molar-refractivity contribution in [2.75, 3.05) is 18.5 Å². The Hall–Kier alpha value is -3.45. The Labute approximate surface area is 187 Å². The summed E-state index contributed by atoms with van der Waals surface area (Å²) in [5, 5.41) is 12.9. The lowest BCUT2D eigenvalue weighted by molar-refractivity contribution is -0.137. The van der Waals surface area contributed by atoms with Crippen molar-refractivity contribution < 1.29 is 17.9 Å². The van der Waals surface area contributed by atoms with Gasteiger partial charge < -0.3 is 14.6 Å². The van der Waals surface area contributed by atoms with Gasteiger partial charge in [0, 0.05) is 18.9 Å². The predicted octanol–water partition coefficient (Wildman–Crippen LogP) is 4.30. The van der Waals surface area contributed by atoms with Crippen LogP contribution in [0.4, 0.5) is 19.0 Å². The number of fused-ring (bicyclic) bond motifs is 1. The molecular weight excluding hydrogens is 435 g/mol. The number of hydrogen-bond donors (Lipinski definition) is 1. The summed E-state index contributed by atoms with van der Waals surface area (Å²) >= 11 is 0. The van der Waals surface area contributed by atoms with E-state index in [4.69, 9.17) is 4.74 Å². The third-order valence-corrected chi connectivity index (χ3v) is 5.89. The number of alkyl halides is 3. The number of benzene rings is 1. The van der Waals surface area contributed by atoms with Crippen LogP contribution in [-0.2, 0) is 16.5 Å². The number of ether oxygens (including phenoxy) is 1. The molecule has 1 N–H and O–H groups in total. The molecule has 172 valence electrons. The number of rotatable bonds is 4. The number of nitrogens with one attached hydrogen (secondary N) is 1. The molecule has 1 aliphatic rings. The second-order valence-corrected chi connectivity index (χ2v) is 8.52. The van der Waals surface area contributed by atoms with E-state index in [0.717, 1.165) is 12.1 Å². The maximum atomic E-state index is 13.3. The zero-order valence-corrected chi connectivity index (χ0v) is 18.3. The maximum Gasteiger partial charge on any atom is 0.416 e. The van der Waals surface area contributed by atoms with Gasteiger partial charge in [0.15, 0.2) is 0 Å². The van der Waals surface area contributed by atoms with Crippen molar-refractivity contribution in [3.05, 3.63) is 63.3 Å². The van der Waals surface area contributed by atoms with Gasteiger partial charge >= 0.3 is 6.18 Å². The van der Waals surface area contributed by atoms with E-state index in [9.17, 15) is 23.2 Å². The molecule has 0 saturated carbocycles. The van der Waals surface area contributed by atoms with Gasteiger partial charge in [-0.2, -0.15) is 18.4 Å². The quantitative estimate of drug-likeness (QED) is 0.628. The number of hydrogen-bond acceptors (Lipinski definition) is 6. The molecule has 4 rings (SSSR count). The SMILES string of the molecule is Cc1nc(N[C@H](C)c2cc(C#N)cc(C(F)(F)F)c2)c2cn(C3(C)CCOC3)c(=O)cc2n1. The Morgan fingerprint density at radius 3 is 2.67 bits per heavy atom. The van der Waals surface area contributed by atoms with Crippen LogP contribution in [0.2, 0.25) is 0 Å². The molecule has 1 aliphatic heterocycles. The number of nitrogens with zero attached hydrogens (tertiary/aromatic N) is 4. The van der Waals surface area contributed by atoms with Gasteiger partial charge in [-0.15, -0.1) is 0 Å². The summed E-state index contributed by atoms with van der Waals surface area (Å²) in [6.07, 6.45) is -2.23. The summed E-state index contributed by atoms with van der Waals surface area (Å²) < 4.78 is 47.0. The maximum absolute atomic E-state index is 13.3. The lowest BCUT2D eigenvalue weighted by Crippen LogP contribution is -2.38. The highest BCUT2D eigenvalue weighted by Gasteiger charge is 2.33. The van der Waals surface area contributed by atoms with Crippen molar-refractivity contribution in [1.29, 1.82) is 5.26 Å². The molecule has 0 radical (unpaired) electrons. The Morgan fingerprint density at radius 1 is 1.27 bits per heavy atom. The van der Waals surface area contributed by atoms with Crippen molar-refractivity contribution in [2.24, 2.45) is 0 Å². The van der Waals surface area contributed by atoms with Gasteiger partial charge in [-0.05, 0) is 51.0 Å². The molecule has 3 heterocycles. The summed E-state index contributed by atoms with van der Waals surface area (Å²) in [7, 11) is 0. The Bertz CT molecular complexity index is 1320. The topological polar surface area (TPSA) is 92.8 Å². The summed E-state index contributed by atoms with van der Waals surface area (Å²) in [4.78, 5) is 21.6. The molecule has 33 heavy (non-hydrogen) atoms. The van der Waals surface area contributed by atoms with Crippen LogP contribution in [-0.4, -0.2) is 27.7 Å². The third-order valence-electron chi connectivity index (χ3n) is 5.89. The number of anilines is 1. The molecular formula is C23H22F3N5O2. The van der Waals surface area contributed by atoms with Gasteiger partial charge in [-0.1, -0.05) is 0 Å². The minimum atomic E-state index is -4.58. The van der Waals surface area contributed by atoms with Crippen molar-refractivity contribution in [3.63, 3.8) is 0 Å². The number of pyridine rings is 1. The Kier molecular flexibility index (Phi) is 5.62. The Balaban J connectivity index is 1.79. The van der Waals surface area contributed by atoms with Crippen LogP contribution >= 0.6 is 0 Å². The highest BCUT2D eigenvalue weighted by molar-refractivity contribution is 5.88. The Morgan fingerprint density at radius 2 is 2.03 bits per heavy atom. The fraction of sp³-hybridized carbons (Fsp3) is 0.391. The van der Waals surface area contributed by atoms with Crippen LogP contribution in [0, 0.1) is 18.3 Å². The van der Waals surface area contributed by atoms with Gasteiger partial charge in [-0.3, -0.25) is 4.79 Å². The first-order valence-electron chi connectivity index (χ1n) is 10.4. The summed E-state index contributed by atoms with van der Waals surface area (Å²) in [5.74, 6) is 0.795. The second kappa shape index (κ2) is 8.15. The standard InChI is InChI=1S/C23H22F3N5O2/c1-13(16-6-15(10-27)7-17(8-16)23(24,25)26)28-21-18-11-31(22(3)4-5-33-12-22)20(32)9-19(18)29-14(2)30-21/h6-9,11,13H,4-5,12H2,1-3H3,(H,28,29,30)/t13-,22?/m1/s1. The largest absolute Gasteiger partial charge is 0.416 e. The van der Waals surface area contributed by atoms with Gasteiger partial charge in [0.25, 0.3) is 5.56 Å². The van der Waals surface area contributed by atoms with E-state index in [2.05, 4.69) is 15.3 Å². The molecule has 1 unspecified atom stereocenters. The molecule has 10 heteroatoms. The predicted molar refractivity (Wildman–Crippen MR) is 116 cm³/mol. The molecule has 1 saturated heterocycles. The highest BCUT2D eigenvalue weighted by atomic mass is 19.4. The van der Waals surface area contributed by atoms with Crippen LogP contribution in [0.1, 0.15) is 48.8 Å². The monoisotopic (exact) mass is 457 g/mol. The molecule has 1 fully saturated rings. The normalized spacial score (nSPS) is 19.4. The fourth-order valence-electron chi connectivity index (χ4n) is 4.02. The average molecular weight is 457 g/mol. The molecule has 0 bridgehead atoms. The molecule has 0 amide bonds. The van der Waals surface area contributed by atoms with Gasteiger partial charge in [0.05, 0.1) is 46.3 Å². The van der Waals surface area contributed by atoms with Crippen LogP contribution in [0.5, 0.6) is 0 Å². The van der Waals surface area contributed by atoms with Gasteiger partial charge in [0.2, 0.25) is 0 Å². The first-order valence-corrected chi connectivity index (χ1v) is 10.4. The van der Waals surface area contributed by atoms with Crippen molar-refractivity contribution in [2.45, 2.75) is 44.9 Å². The molecule has 2 aromatic heterocycles. The summed E-state index contributed by atoms with van der Waals surface area (Å²) in [5.41, 5.74) is -0.985. The van der Waals surface area contributed by atoms with Gasteiger partial charge in [0.1, 0.15) is 11.6 Å². The van der Waals surface area contributed by atoms with Crippen LogP contribution in [0.15, 0.2) is 35.3 Å². The zero-order valence-electron chi connectivity index (χ0n) is 18.3. The molecule has 3 aromatic rings. The number of halogens is 3. The van der Waals surface area contributed by atoms with Crippen LogP contribution < -0.4 is 10.9 Å². The number of aromatic nitrogens is 3.